The van der Waals surface area contributed by atoms with Gasteiger partial charge in [-0.05, 0) is 47.2 Å². The van der Waals surface area contributed by atoms with Crippen LogP contribution in [0.4, 0.5) is 0 Å². The van der Waals surface area contributed by atoms with E-state index in [-0.39, 0.29) is 6.61 Å². The normalized spacial score (nSPS) is 15.5. The number of aliphatic hydroxyl groups is 1. The van der Waals surface area contributed by atoms with E-state index in [4.69, 9.17) is 22.4 Å². The fourth-order valence-electron chi connectivity index (χ4n) is 1.04. The lowest BCUT2D eigenvalue weighted by Gasteiger charge is -2.23. The summed E-state index contributed by atoms with van der Waals surface area (Å²) in [6.07, 6.45) is 0. The van der Waals surface area contributed by atoms with Crippen molar-refractivity contribution in [1.29, 1.82) is 0 Å². The molecule has 0 unspecified atom stereocenters. The van der Waals surface area contributed by atoms with Crippen LogP contribution < -0.4 is 5.73 Å². The second-order valence-corrected chi connectivity index (χ2v) is 4.80. The second kappa shape index (κ2) is 4.13. The highest BCUT2D eigenvalue weighted by atomic mass is 127. The molecule has 4 heteroatoms. The summed E-state index contributed by atoms with van der Waals surface area (Å²) in [4.78, 5) is 0. The Morgan fingerprint density at radius 3 is 2.69 bits per heavy atom. The van der Waals surface area contributed by atoms with Crippen LogP contribution in [0.3, 0.4) is 0 Å². The van der Waals surface area contributed by atoms with Crippen LogP contribution >= 0.6 is 34.2 Å². The summed E-state index contributed by atoms with van der Waals surface area (Å²) in [5.74, 6) is 0. The van der Waals surface area contributed by atoms with E-state index in [9.17, 15) is 0 Å². The van der Waals surface area contributed by atoms with Gasteiger partial charge >= 0.3 is 0 Å². The van der Waals surface area contributed by atoms with E-state index in [0.29, 0.717) is 5.02 Å². The smallest absolute Gasteiger partial charge is 0.0650 e. The number of hydrogen-bond donors (Lipinski definition) is 2. The van der Waals surface area contributed by atoms with Crippen LogP contribution in [-0.2, 0) is 5.54 Å². The lowest BCUT2D eigenvalue weighted by molar-refractivity contribution is 0.209. The van der Waals surface area contributed by atoms with Gasteiger partial charge in [0.25, 0.3) is 0 Å². The van der Waals surface area contributed by atoms with Crippen molar-refractivity contribution >= 4 is 34.2 Å². The molecule has 0 bridgehead atoms. The van der Waals surface area contributed by atoms with Gasteiger partial charge in [0.2, 0.25) is 0 Å². The lowest BCUT2D eigenvalue weighted by Crippen LogP contribution is -2.37. The number of aliphatic hydroxyl groups excluding tert-OH is 1. The van der Waals surface area contributed by atoms with Crippen molar-refractivity contribution in [2.75, 3.05) is 6.61 Å². The molecule has 0 fully saturated rings. The Bertz CT molecular complexity index is 314. The molecule has 1 atom stereocenters. The van der Waals surface area contributed by atoms with Gasteiger partial charge in [0.05, 0.1) is 12.1 Å². The monoisotopic (exact) mass is 311 g/mol. The van der Waals surface area contributed by atoms with Gasteiger partial charge in [-0.2, -0.15) is 0 Å². The average molecular weight is 312 g/mol. The SMILES string of the molecule is C[C@](N)(CO)c1ccc(Cl)cc1I. The molecule has 0 heterocycles. The van der Waals surface area contributed by atoms with E-state index in [1.807, 2.05) is 12.1 Å². The Morgan fingerprint density at radius 2 is 2.23 bits per heavy atom. The van der Waals surface area contributed by atoms with Gasteiger partial charge < -0.3 is 10.8 Å². The van der Waals surface area contributed by atoms with Crippen molar-refractivity contribution in [1.82, 2.24) is 0 Å². The molecule has 2 nitrogen and oxygen atoms in total. The molecule has 0 saturated carbocycles. The summed E-state index contributed by atoms with van der Waals surface area (Å²) in [6.45, 7) is 1.71. The van der Waals surface area contributed by atoms with Gasteiger partial charge in [-0.1, -0.05) is 17.7 Å². The summed E-state index contributed by atoms with van der Waals surface area (Å²) < 4.78 is 0.976. The number of rotatable bonds is 2. The summed E-state index contributed by atoms with van der Waals surface area (Å²) in [7, 11) is 0. The molecular weight excluding hydrogens is 300 g/mol. The van der Waals surface area contributed by atoms with Gasteiger partial charge in [-0.25, -0.2) is 0 Å². The van der Waals surface area contributed by atoms with Gasteiger partial charge in [0.1, 0.15) is 0 Å². The molecule has 0 aromatic heterocycles. The predicted molar refractivity (Wildman–Crippen MR) is 62.8 cm³/mol. The van der Waals surface area contributed by atoms with Gasteiger partial charge in [-0.15, -0.1) is 0 Å². The fourth-order valence-corrected chi connectivity index (χ4v) is 2.53. The molecular formula is C9H11ClINO. The Kier molecular flexibility index (Phi) is 3.57. The van der Waals surface area contributed by atoms with Gasteiger partial charge in [0, 0.05) is 8.59 Å². The van der Waals surface area contributed by atoms with Gasteiger partial charge in [0.15, 0.2) is 0 Å². The Labute approximate surface area is 96.2 Å². The summed E-state index contributed by atoms with van der Waals surface area (Å²) in [6, 6.07) is 5.46. The van der Waals surface area contributed by atoms with Crippen LogP contribution in [-0.4, -0.2) is 11.7 Å². The quantitative estimate of drug-likeness (QED) is 0.822. The van der Waals surface area contributed by atoms with E-state index in [1.165, 1.54) is 0 Å². The number of hydrogen-bond acceptors (Lipinski definition) is 2. The minimum Gasteiger partial charge on any atom is -0.394 e. The topological polar surface area (TPSA) is 46.2 Å². The molecule has 1 aromatic carbocycles. The highest BCUT2D eigenvalue weighted by Crippen LogP contribution is 2.25. The first kappa shape index (κ1) is 11.2. The predicted octanol–water partition coefficient (Wildman–Crippen LogP) is 2.11. The molecule has 0 aliphatic carbocycles. The molecule has 3 N–H and O–H groups in total. The van der Waals surface area contributed by atoms with Crippen LogP contribution in [0.2, 0.25) is 5.02 Å². The van der Waals surface area contributed by atoms with Crippen LogP contribution in [0.5, 0.6) is 0 Å². The molecule has 0 spiro atoms. The Hall–Kier alpha value is 0.160. The highest BCUT2D eigenvalue weighted by Gasteiger charge is 2.22. The second-order valence-electron chi connectivity index (χ2n) is 3.20. The average Bonchev–Trinajstić information content (AvgIpc) is 2.03. The van der Waals surface area contributed by atoms with Crippen LogP contribution in [0.25, 0.3) is 0 Å². The van der Waals surface area contributed by atoms with Gasteiger partial charge in [-0.3, -0.25) is 0 Å². The minimum absolute atomic E-state index is 0.0787. The Morgan fingerprint density at radius 1 is 1.62 bits per heavy atom. The molecule has 1 aromatic rings. The van der Waals surface area contributed by atoms with Crippen molar-refractivity contribution in [3.05, 3.63) is 32.4 Å². The van der Waals surface area contributed by atoms with Crippen LogP contribution in [0.15, 0.2) is 18.2 Å². The number of nitrogens with two attached hydrogens (primary N) is 1. The zero-order valence-corrected chi connectivity index (χ0v) is 10.1. The van der Waals surface area contributed by atoms with E-state index in [1.54, 1.807) is 13.0 Å². The highest BCUT2D eigenvalue weighted by molar-refractivity contribution is 14.1. The molecule has 13 heavy (non-hydrogen) atoms. The molecule has 0 saturated heterocycles. The lowest BCUT2D eigenvalue weighted by atomic mass is 9.94. The van der Waals surface area contributed by atoms with E-state index < -0.39 is 5.54 Å². The standard InChI is InChI=1S/C9H11ClINO/c1-9(12,5-13)7-3-2-6(10)4-8(7)11/h2-4,13H,5,12H2,1H3/t9-/m0/s1. The zero-order chi connectivity index (χ0) is 10.1. The summed E-state index contributed by atoms with van der Waals surface area (Å²) in [5.41, 5.74) is 6.11. The zero-order valence-electron chi connectivity index (χ0n) is 7.22. The largest absolute Gasteiger partial charge is 0.394 e. The third-order valence-corrected chi connectivity index (χ3v) is 3.00. The molecule has 0 aliphatic rings. The minimum atomic E-state index is -0.693. The first-order valence-electron chi connectivity index (χ1n) is 3.82. The fraction of sp³-hybridized carbons (Fsp3) is 0.333. The van der Waals surface area contributed by atoms with Crippen molar-refractivity contribution < 1.29 is 5.11 Å². The molecule has 0 aliphatic heterocycles. The van der Waals surface area contributed by atoms with Crippen molar-refractivity contribution in [2.45, 2.75) is 12.5 Å². The third kappa shape index (κ3) is 2.56. The summed E-state index contributed by atoms with van der Waals surface area (Å²) >= 11 is 7.96. The maximum absolute atomic E-state index is 9.08. The van der Waals surface area contributed by atoms with E-state index in [2.05, 4.69) is 22.6 Å². The first-order chi connectivity index (χ1) is 5.97. The third-order valence-electron chi connectivity index (χ3n) is 1.87. The number of halogens is 2. The molecule has 0 radical (unpaired) electrons. The molecule has 72 valence electrons. The molecule has 0 amide bonds. The maximum Gasteiger partial charge on any atom is 0.0650 e. The maximum atomic E-state index is 9.08. The van der Waals surface area contributed by atoms with Crippen molar-refractivity contribution in [3.8, 4) is 0 Å². The van der Waals surface area contributed by atoms with E-state index in [0.717, 1.165) is 9.13 Å². The summed E-state index contributed by atoms with van der Waals surface area (Å²) in [5, 5.41) is 9.76. The number of benzene rings is 1. The molecule has 1 rings (SSSR count). The van der Waals surface area contributed by atoms with Crippen molar-refractivity contribution in [2.24, 2.45) is 5.73 Å². The Balaban J connectivity index is 3.16. The van der Waals surface area contributed by atoms with Crippen molar-refractivity contribution in [3.63, 3.8) is 0 Å². The van der Waals surface area contributed by atoms with Crippen LogP contribution in [0.1, 0.15) is 12.5 Å². The van der Waals surface area contributed by atoms with Crippen LogP contribution in [0, 0.1) is 3.57 Å². The van der Waals surface area contributed by atoms with E-state index >= 15 is 0 Å². The first-order valence-corrected chi connectivity index (χ1v) is 5.28.